The number of unbranched alkanes of at least 4 members (excludes halogenated alkanes) is 1. The summed E-state index contributed by atoms with van der Waals surface area (Å²) >= 11 is 0. The van der Waals surface area contributed by atoms with Crippen molar-refractivity contribution in [3.8, 4) is 0 Å². The van der Waals surface area contributed by atoms with E-state index >= 15 is 0 Å². The third-order valence-corrected chi connectivity index (χ3v) is 5.97. The van der Waals surface area contributed by atoms with Crippen molar-refractivity contribution in [1.29, 1.82) is 0 Å². The quantitative estimate of drug-likeness (QED) is 0.493. The fourth-order valence-electron chi connectivity index (χ4n) is 4.56. The summed E-state index contributed by atoms with van der Waals surface area (Å²) in [5.74, 6) is -2.45. The molecule has 124 valence electrons. The van der Waals surface area contributed by atoms with Crippen molar-refractivity contribution in [2.45, 2.75) is 84.5 Å². The van der Waals surface area contributed by atoms with Gasteiger partial charge in [0.05, 0.1) is 6.61 Å². The Hall–Kier alpha value is -0.180. The van der Waals surface area contributed by atoms with Gasteiger partial charge in [-0.25, -0.2) is 8.78 Å². The van der Waals surface area contributed by atoms with Gasteiger partial charge in [-0.15, -0.1) is 0 Å². The van der Waals surface area contributed by atoms with E-state index in [1.165, 1.54) is 32.1 Å². The zero-order valence-electron chi connectivity index (χ0n) is 14.2. The first kappa shape index (κ1) is 17.2. The van der Waals surface area contributed by atoms with E-state index < -0.39 is 11.3 Å². The predicted molar refractivity (Wildman–Crippen MR) is 82.7 cm³/mol. The molecule has 0 aromatic heterocycles. The summed E-state index contributed by atoms with van der Waals surface area (Å²) in [6, 6.07) is 0. The second-order valence-electron chi connectivity index (χ2n) is 8.22. The van der Waals surface area contributed by atoms with Gasteiger partial charge in [0.25, 0.3) is 5.92 Å². The first-order valence-electron chi connectivity index (χ1n) is 8.63. The van der Waals surface area contributed by atoms with Crippen LogP contribution < -0.4 is 0 Å². The molecule has 0 N–H and O–H groups in total. The standard InChI is InChI=1S/C18H32F2O/c1-5-7-8-16(9-10-16)11-15(3,14-21-4)12-17(6-2)13-18(17,19)20/h5-14H2,1-4H3. The summed E-state index contributed by atoms with van der Waals surface area (Å²) in [5.41, 5.74) is -0.418. The second kappa shape index (κ2) is 5.79. The van der Waals surface area contributed by atoms with Gasteiger partial charge in [-0.2, -0.15) is 0 Å². The highest BCUT2D eigenvalue weighted by atomic mass is 19.3. The highest BCUT2D eigenvalue weighted by Crippen LogP contribution is 2.69. The lowest BCUT2D eigenvalue weighted by atomic mass is 9.71. The number of ether oxygens (including phenoxy) is 1. The molecule has 2 atom stereocenters. The SMILES string of the molecule is CCCCC1(CC(C)(COC)CC2(CC)CC2(F)F)CC1. The summed E-state index contributed by atoms with van der Waals surface area (Å²) in [6.45, 7) is 6.92. The van der Waals surface area contributed by atoms with Crippen molar-refractivity contribution in [1.82, 2.24) is 0 Å². The van der Waals surface area contributed by atoms with Crippen molar-refractivity contribution in [2.75, 3.05) is 13.7 Å². The molecule has 0 bridgehead atoms. The molecule has 0 heterocycles. The van der Waals surface area contributed by atoms with Crippen LogP contribution in [0.4, 0.5) is 8.78 Å². The highest BCUT2D eigenvalue weighted by molar-refractivity contribution is 5.12. The maximum atomic E-state index is 13.8. The normalized spacial score (nSPS) is 31.7. The predicted octanol–water partition coefficient (Wildman–Crippen LogP) is 5.83. The number of hydrogen-bond acceptors (Lipinski definition) is 1. The average molecular weight is 302 g/mol. The molecule has 1 nitrogen and oxygen atoms in total. The Morgan fingerprint density at radius 1 is 1.14 bits per heavy atom. The minimum atomic E-state index is -2.45. The van der Waals surface area contributed by atoms with Gasteiger partial charge in [-0.3, -0.25) is 0 Å². The minimum Gasteiger partial charge on any atom is -0.384 e. The second-order valence-corrected chi connectivity index (χ2v) is 8.22. The summed E-state index contributed by atoms with van der Waals surface area (Å²) in [7, 11) is 1.70. The topological polar surface area (TPSA) is 9.23 Å². The molecule has 2 aliphatic rings. The van der Waals surface area contributed by atoms with Crippen molar-refractivity contribution in [3.05, 3.63) is 0 Å². The van der Waals surface area contributed by atoms with Gasteiger partial charge in [0, 0.05) is 18.9 Å². The van der Waals surface area contributed by atoms with E-state index in [0.717, 1.165) is 6.42 Å². The lowest BCUT2D eigenvalue weighted by Gasteiger charge is -2.36. The number of rotatable bonds is 10. The third-order valence-electron chi connectivity index (χ3n) is 5.97. The van der Waals surface area contributed by atoms with Crippen LogP contribution in [-0.4, -0.2) is 19.6 Å². The summed E-state index contributed by atoms with van der Waals surface area (Å²) in [5, 5.41) is 0. The monoisotopic (exact) mass is 302 g/mol. The molecule has 0 aromatic rings. The number of alkyl halides is 2. The summed E-state index contributed by atoms with van der Waals surface area (Å²) in [6.07, 6.45) is 8.65. The first-order valence-corrected chi connectivity index (χ1v) is 8.63. The van der Waals surface area contributed by atoms with Crippen LogP contribution in [0.25, 0.3) is 0 Å². The minimum absolute atomic E-state index is 0.0811. The molecule has 0 radical (unpaired) electrons. The number of methoxy groups -OCH3 is 1. The zero-order chi connectivity index (χ0) is 15.8. The van der Waals surface area contributed by atoms with Gasteiger partial charge in [0.2, 0.25) is 0 Å². The Balaban J connectivity index is 2.03. The van der Waals surface area contributed by atoms with Crippen LogP contribution in [0.5, 0.6) is 0 Å². The van der Waals surface area contributed by atoms with Crippen LogP contribution in [-0.2, 0) is 4.74 Å². The smallest absolute Gasteiger partial charge is 0.254 e. The molecule has 0 aromatic carbocycles. The lowest BCUT2D eigenvalue weighted by Crippen LogP contribution is -2.32. The molecule has 2 fully saturated rings. The van der Waals surface area contributed by atoms with Gasteiger partial charge in [0.15, 0.2) is 0 Å². The zero-order valence-corrected chi connectivity index (χ0v) is 14.2. The van der Waals surface area contributed by atoms with E-state index in [1.807, 2.05) is 6.92 Å². The Morgan fingerprint density at radius 2 is 1.76 bits per heavy atom. The van der Waals surface area contributed by atoms with Crippen LogP contribution in [0, 0.1) is 16.2 Å². The van der Waals surface area contributed by atoms with E-state index in [0.29, 0.717) is 24.9 Å². The molecule has 2 unspecified atom stereocenters. The van der Waals surface area contributed by atoms with Crippen molar-refractivity contribution in [3.63, 3.8) is 0 Å². The van der Waals surface area contributed by atoms with Gasteiger partial charge in [-0.05, 0) is 49.4 Å². The first-order chi connectivity index (χ1) is 9.76. The molecule has 21 heavy (non-hydrogen) atoms. The Morgan fingerprint density at radius 3 is 2.14 bits per heavy atom. The van der Waals surface area contributed by atoms with Crippen molar-refractivity contribution >= 4 is 0 Å². The number of halogens is 2. The fraction of sp³-hybridized carbons (Fsp3) is 1.00. The molecular formula is C18H32F2O. The number of hydrogen-bond donors (Lipinski definition) is 0. The van der Waals surface area contributed by atoms with Gasteiger partial charge in [-0.1, -0.05) is 33.6 Å². The Labute approximate surface area is 128 Å². The van der Waals surface area contributed by atoms with Crippen molar-refractivity contribution < 1.29 is 13.5 Å². The highest BCUT2D eigenvalue weighted by Gasteiger charge is 2.71. The van der Waals surface area contributed by atoms with Gasteiger partial charge < -0.3 is 4.74 Å². The lowest BCUT2D eigenvalue weighted by molar-refractivity contribution is 0.00121. The van der Waals surface area contributed by atoms with E-state index in [2.05, 4.69) is 13.8 Å². The maximum Gasteiger partial charge on any atom is 0.254 e. The molecule has 0 amide bonds. The van der Waals surface area contributed by atoms with E-state index in [4.69, 9.17) is 4.74 Å². The molecule has 2 rings (SSSR count). The summed E-state index contributed by atoms with van der Waals surface area (Å²) < 4.78 is 33.1. The van der Waals surface area contributed by atoms with Gasteiger partial charge >= 0.3 is 0 Å². The molecule has 3 heteroatoms. The molecule has 0 aliphatic heterocycles. The van der Waals surface area contributed by atoms with Crippen molar-refractivity contribution in [2.24, 2.45) is 16.2 Å². The Kier molecular flexibility index (Phi) is 4.74. The van der Waals surface area contributed by atoms with Crippen LogP contribution in [0.1, 0.15) is 78.6 Å². The van der Waals surface area contributed by atoms with Crippen LogP contribution >= 0.6 is 0 Å². The third kappa shape index (κ3) is 3.60. The van der Waals surface area contributed by atoms with E-state index in [9.17, 15) is 8.78 Å². The molecule has 0 saturated heterocycles. The van der Waals surface area contributed by atoms with Crippen LogP contribution in [0.15, 0.2) is 0 Å². The Bertz CT molecular complexity index is 364. The molecular weight excluding hydrogens is 270 g/mol. The van der Waals surface area contributed by atoms with E-state index in [1.54, 1.807) is 7.11 Å². The largest absolute Gasteiger partial charge is 0.384 e. The molecule has 0 spiro atoms. The van der Waals surface area contributed by atoms with Crippen LogP contribution in [0.3, 0.4) is 0 Å². The maximum absolute atomic E-state index is 13.8. The van der Waals surface area contributed by atoms with E-state index in [-0.39, 0.29) is 11.8 Å². The van der Waals surface area contributed by atoms with Gasteiger partial charge in [0.1, 0.15) is 0 Å². The van der Waals surface area contributed by atoms with Crippen LogP contribution in [0.2, 0.25) is 0 Å². The molecule has 2 saturated carbocycles. The fourth-order valence-corrected chi connectivity index (χ4v) is 4.56. The summed E-state index contributed by atoms with van der Waals surface area (Å²) in [4.78, 5) is 0. The molecule has 2 aliphatic carbocycles. The average Bonchev–Trinajstić information content (AvgIpc) is 3.26.